The van der Waals surface area contributed by atoms with Crippen LogP contribution in [0.15, 0.2) is 30.0 Å². The number of nitrogens with zero attached hydrogens (tertiary/aromatic N) is 3. The van der Waals surface area contributed by atoms with Crippen LogP contribution in [0.5, 0.6) is 0 Å². The predicted octanol–water partition coefficient (Wildman–Crippen LogP) is 1.91. The number of hydrogen-bond acceptors (Lipinski definition) is 5. The van der Waals surface area contributed by atoms with Crippen LogP contribution in [0.1, 0.15) is 20.9 Å². The van der Waals surface area contributed by atoms with Crippen molar-refractivity contribution in [2.45, 2.75) is 13.0 Å². The zero-order valence-corrected chi connectivity index (χ0v) is 11.4. The summed E-state index contributed by atoms with van der Waals surface area (Å²) in [6.07, 6.45) is 3.69. The second kappa shape index (κ2) is 6.40. The molecule has 100 valence electrons. The SMILES string of the molecule is CN(CCc1cccs1)Cc1ncncc1C(=O)O. The molecule has 0 spiro atoms. The van der Waals surface area contributed by atoms with Gasteiger partial charge in [0.25, 0.3) is 0 Å². The predicted molar refractivity (Wildman–Crippen MR) is 73.3 cm³/mol. The molecule has 0 radical (unpaired) electrons. The van der Waals surface area contributed by atoms with Gasteiger partial charge in [-0.25, -0.2) is 14.8 Å². The lowest BCUT2D eigenvalue weighted by Crippen LogP contribution is -2.22. The molecule has 6 heteroatoms. The Morgan fingerprint density at radius 3 is 3.05 bits per heavy atom. The van der Waals surface area contributed by atoms with Gasteiger partial charge in [0.15, 0.2) is 0 Å². The third-order valence-electron chi connectivity index (χ3n) is 2.76. The van der Waals surface area contributed by atoms with Crippen LogP contribution in [-0.2, 0) is 13.0 Å². The van der Waals surface area contributed by atoms with E-state index in [1.54, 1.807) is 11.3 Å². The van der Waals surface area contributed by atoms with Gasteiger partial charge in [-0.1, -0.05) is 6.07 Å². The highest BCUT2D eigenvalue weighted by atomic mass is 32.1. The largest absolute Gasteiger partial charge is 0.478 e. The average molecular weight is 277 g/mol. The van der Waals surface area contributed by atoms with Crippen molar-refractivity contribution in [3.63, 3.8) is 0 Å². The molecule has 0 unspecified atom stereocenters. The first-order chi connectivity index (χ1) is 9.16. The van der Waals surface area contributed by atoms with E-state index in [4.69, 9.17) is 5.11 Å². The van der Waals surface area contributed by atoms with Crippen LogP contribution in [0.4, 0.5) is 0 Å². The Morgan fingerprint density at radius 2 is 2.37 bits per heavy atom. The zero-order valence-electron chi connectivity index (χ0n) is 10.6. The summed E-state index contributed by atoms with van der Waals surface area (Å²) >= 11 is 1.73. The molecular formula is C13H15N3O2S. The molecule has 0 amide bonds. The Hall–Kier alpha value is -1.79. The summed E-state index contributed by atoms with van der Waals surface area (Å²) in [6.45, 7) is 1.37. The minimum Gasteiger partial charge on any atom is -0.478 e. The van der Waals surface area contributed by atoms with Crippen molar-refractivity contribution >= 4 is 17.3 Å². The first-order valence-corrected chi connectivity index (χ1v) is 6.78. The summed E-state index contributed by atoms with van der Waals surface area (Å²) in [5.41, 5.74) is 0.724. The second-order valence-corrected chi connectivity index (χ2v) is 5.29. The van der Waals surface area contributed by atoms with Crippen molar-refractivity contribution in [2.24, 2.45) is 0 Å². The van der Waals surface area contributed by atoms with Gasteiger partial charge in [0.1, 0.15) is 11.9 Å². The lowest BCUT2D eigenvalue weighted by molar-refractivity contribution is 0.0693. The molecule has 0 saturated heterocycles. The van der Waals surface area contributed by atoms with Crippen molar-refractivity contribution in [1.29, 1.82) is 0 Å². The number of aromatic carboxylic acids is 1. The second-order valence-electron chi connectivity index (χ2n) is 4.26. The molecule has 0 aromatic carbocycles. The number of carboxylic acids is 1. The summed E-state index contributed by atoms with van der Waals surface area (Å²) in [6, 6.07) is 4.14. The van der Waals surface area contributed by atoms with E-state index in [0.29, 0.717) is 12.2 Å². The number of thiophene rings is 1. The molecule has 0 aliphatic rings. The van der Waals surface area contributed by atoms with Crippen LogP contribution in [0.25, 0.3) is 0 Å². The normalized spacial score (nSPS) is 10.8. The monoisotopic (exact) mass is 277 g/mol. The van der Waals surface area contributed by atoms with E-state index < -0.39 is 5.97 Å². The van der Waals surface area contributed by atoms with Gasteiger partial charge in [-0.15, -0.1) is 11.3 Å². The number of likely N-dealkylation sites (N-methyl/N-ethyl adjacent to an activating group) is 1. The Bertz CT molecular complexity index is 543. The molecular weight excluding hydrogens is 262 g/mol. The first-order valence-electron chi connectivity index (χ1n) is 5.90. The smallest absolute Gasteiger partial charge is 0.339 e. The molecule has 0 saturated carbocycles. The molecule has 2 heterocycles. The van der Waals surface area contributed by atoms with Gasteiger partial charge in [0, 0.05) is 24.2 Å². The molecule has 1 N–H and O–H groups in total. The van der Waals surface area contributed by atoms with Crippen LogP contribution < -0.4 is 0 Å². The number of carboxylic acid groups (broad SMARTS) is 1. The molecule has 0 aliphatic heterocycles. The minimum absolute atomic E-state index is 0.172. The highest BCUT2D eigenvalue weighted by Gasteiger charge is 2.13. The minimum atomic E-state index is -0.984. The zero-order chi connectivity index (χ0) is 13.7. The third kappa shape index (κ3) is 3.84. The fourth-order valence-corrected chi connectivity index (χ4v) is 2.45. The van der Waals surface area contributed by atoms with Crippen molar-refractivity contribution in [3.8, 4) is 0 Å². The van der Waals surface area contributed by atoms with Gasteiger partial charge >= 0.3 is 5.97 Å². The molecule has 19 heavy (non-hydrogen) atoms. The Kier molecular flexibility index (Phi) is 4.59. The van der Waals surface area contributed by atoms with Crippen LogP contribution >= 0.6 is 11.3 Å². The number of hydrogen-bond donors (Lipinski definition) is 1. The van der Waals surface area contributed by atoms with Crippen LogP contribution in [0.2, 0.25) is 0 Å². The molecule has 5 nitrogen and oxygen atoms in total. The van der Waals surface area contributed by atoms with Crippen molar-refractivity contribution < 1.29 is 9.90 Å². The number of rotatable bonds is 6. The standard InChI is InChI=1S/C13H15N3O2S/c1-16(5-4-10-3-2-6-19-10)8-12-11(13(17)18)7-14-9-15-12/h2-3,6-7,9H,4-5,8H2,1H3,(H,17,18). The molecule has 0 aliphatic carbocycles. The number of carbonyl (C=O) groups is 1. The van der Waals surface area contributed by atoms with Gasteiger partial charge in [-0.2, -0.15) is 0 Å². The summed E-state index contributed by atoms with van der Waals surface area (Å²) in [7, 11) is 1.96. The Labute approximate surface area is 115 Å². The molecule has 0 fully saturated rings. The maximum absolute atomic E-state index is 11.1. The molecule has 2 aromatic heterocycles. The highest BCUT2D eigenvalue weighted by molar-refractivity contribution is 7.09. The molecule has 0 bridgehead atoms. The number of aromatic nitrogens is 2. The third-order valence-corrected chi connectivity index (χ3v) is 3.70. The van der Waals surface area contributed by atoms with Crippen molar-refractivity contribution in [2.75, 3.05) is 13.6 Å². The maximum Gasteiger partial charge on any atom is 0.339 e. The fraction of sp³-hybridized carbons (Fsp3) is 0.308. The summed E-state index contributed by atoms with van der Waals surface area (Å²) < 4.78 is 0. The highest BCUT2D eigenvalue weighted by Crippen LogP contribution is 2.11. The summed E-state index contributed by atoms with van der Waals surface area (Å²) in [5, 5.41) is 11.1. The van der Waals surface area contributed by atoms with E-state index in [-0.39, 0.29) is 5.56 Å². The topological polar surface area (TPSA) is 66.3 Å². The van der Waals surface area contributed by atoms with E-state index in [1.807, 2.05) is 13.1 Å². The van der Waals surface area contributed by atoms with Gasteiger partial charge < -0.3 is 10.0 Å². The van der Waals surface area contributed by atoms with Crippen LogP contribution in [-0.4, -0.2) is 39.5 Å². The van der Waals surface area contributed by atoms with Crippen LogP contribution in [0, 0.1) is 0 Å². The quantitative estimate of drug-likeness (QED) is 0.873. The van der Waals surface area contributed by atoms with Gasteiger partial charge in [-0.05, 0) is 24.9 Å². The molecule has 0 atom stereocenters. The lowest BCUT2D eigenvalue weighted by atomic mass is 10.2. The average Bonchev–Trinajstić information content (AvgIpc) is 2.90. The van der Waals surface area contributed by atoms with Gasteiger partial charge in [-0.3, -0.25) is 0 Å². The summed E-state index contributed by atoms with van der Waals surface area (Å²) in [4.78, 5) is 22.2. The van der Waals surface area contributed by atoms with Gasteiger partial charge in [0.2, 0.25) is 0 Å². The van der Waals surface area contributed by atoms with E-state index in [2.05, 4.69) is 26.3 Å². The van der Waals surface area contributed by atoms with E-state index in [9.17, 15) is 4.79 Å². The van der Waals surface area contributed by atoms with Gasteiger partial charge in [0.05, 0.1) is 5.69 Å². The Morgan fingerprint density at radius 1 is 1.53 bits per heavy atom. The van der Waals surface area contributed by atoms with Crippen molar-refractivity contribution in [1.82, 2.24) is 14.9 Å². The van der Waals surface area contributed by atoms with Crippen molar-refractivity contribution in [3.05, 3.63) is 46.2 Å². The van der Waals surface area contributed by atoms with Crippen LogP contribution in [0.3, 0.4) is 0 Å². The molecule has 2 rings (SSSR count). The van der Waals surface area contributed by atoms with E-state index in [0.717, 1.165) is 13.0 Å². The first kappa shape index (κ1) is 13.6. The fourth-order valence-electron chi connectivity index (χ4n) is 1.75. The lowest BCUT2D eigenvalue weighted by Gasteiger charge is -2.16. The van der Waals surface area contributed by atoms with E-state index in [1.165, 1.54) is 17.4 Å². The van der Waals surface area contributed by atoms with E-state index >= 15 is 0 Å². The molecule has 2 aromatic rings. The maximum atomic E-state index is 11.1. The summed E-state index contributed by atoms with van der Waals surface area (Å²) in [5.74, 6) is -0.984. The Balaban J connectivity index is 1.95.